The minimum atomic E-state index is -0.829. The Labute approximate surface area is 73.3 Å². The molecule has 0 nitrogen and oxygen atoms in total. The average Bonchev–Trinajstić information content (AvgIpc) is 2.31. The van der Waals surface area contributed by atoms with Crippen molar-refractivity contribution in [2.75, 3.05) is 0 Å². The number of hydrogen-bond donors (Lipinski definition) is 0. The van der Waals surface area contributed by atoms with E-state index in [-0.39, 0.29) is 0 Å². The fraction of sp³-hybridized carbons (Fsp3) is 0.750. The molecule has 0 saturated heterocycles. The van der Waals surface area contributed by atoms with Crippen molar-refractivity contribution in [3.63, 3.8) is 0 Å². The third kappa shape index (κ3) is 1.34. The number of hydrogen-bond acceptors (Lipinski definition) is 0. The molecule has 64 valence electrons. The van der Waals surface area contributed by atoms with Crippen LogP contribution >= 0.6 is 0 Å². The van der Waals surface area contributed by atoms with Crippen LogP contribution in [0.4, 0.5) is 0 Å². The van der Waals surface area contributed by atoms with Gasteiger partial charge in [-0.15, -0.1) is 11.4 Å². The molecule has 0 fully saturated rings. The van der Waals surface area contributed by atoms with Gasteiger partial charge in [0.1, 0.15) is 0 Å². The van der Waals surface area contributed by atoms with Crippen molar-refractivity contribution in [3.8, 4) is 0 Å². The molecule has 0 aliphatic carbocycles. The van der Waals surface area contributed by atoms with E-state index >= 15 is 0 Å². The molecule has 1 aliphatic heterocycles. The molecule has 0 atom stereocenters. The van der Waals surface area contributed by atoms with Crippen molar-refractivity contribution in [2.24, 2.45) is 0 Å². The maximum atomic E-state index is 2.62. The molecule has 1 heterocycles. The van der Waals surface area contributed by atoms with Crippen molar-refractivity contribution in [1.82, 2.24) is 0 Å². The van der Waals surface area contributed by atoms with Crippen LogP contribution in [0.3, 0.4) is 0 Å². The Bertz CT molecular complexity index is 170. The Hall–Kier alpha value is 0.391. The van der Waals surface area contributed by atoms with Crippen molar-refractivity contribution in [1.29, 1.82) is 0 Å². The average molecular weight is 201 g/mol. The van der Waals surface area contributed by atoms with E-state index in [1.54, 1.807) is 0 Å². The SMILES string of the molecule is C[Si](C)(C)[Si]1([Si](C)(C)C)C=C1. The van der Waals surface area contributed by atoms with Crippen molar-refractivity contribution >= 4 is 22.3 Å². The van der Waals surface area contributed by atoms with Crippen LogP contribution in [-0.4, -0.2) is 22.3 Å². The van der Waals surface area contributed by atoms with Gasteiger partial charge in [0.25, 0.3) is 0 Å². The van der Waals surface area contributed by atoms with E-state index in [9.17, 15) is 0 Å². The molecule has 0 spiro atoms. The Kier molecular flexibility index (Phi) is 1.90. The van der Waals surface area contributed by atoms with Crippen LogP contribution in [0.2, 0.25) is 39.3 Å². The highest BCUT2D eigenvalue weighted by Crippen LogP contribution is 2.39. The smallest absolute Gasteiger partial charge is 0.0843 e. The maximum absolute atomic E-state index is 2.62. The molecule has 1 rings (SSSR count). The topological polar surface area (TPSA) is 0 Å². The van der Waals surface area contributed by atoms with Gasteiger partial charge in [-0.3, -0.25) is 0 Å². The monoisotopic (exact) mass is 200 g/mol. The minimum Gasteiger partial charge on any atom is -0.103 e. The zero-order valence-electron chi connectivity index (χ0n) is 8.65. The van der Waals surface area contributed by atoms with Crippen molar-refractivity contribution in [3.05, 3.63) is 11.4 Å². The Morgan fingerprint density at radius 3 is 1.00 bits per heavy atom. The van der Waals surface area contributed by atoms with E-state index < -0.39 is 22.3 Å². The van der Waals surface area contributed by atoms with Gasteiger partial charge in [0.2, 0.25) is 0 Å². The Morgan fingerprint density at radius 1 is 0.727 bits per heavy atom. The van der Waals surface area contributed by atoms with Gasteiger partial charge < -0.3 is 0 Å². The summed E-state index contributed by atoms with van der Waals surface area (Å²) in [5.74, 6) is 0. The van der Waals surface area contributed by atoms with Crippen molar-refractivity contribution in [2.45, 2.75) is 39.3 Å². The van der Waals surface area contributed by atoms with Crippen molar-refractivity contribution < 1.29 is 0 Å². The second-order valence-electron chi connectivity index (χ2n) is 5.70. The molecule has 0 aromatic rings. The van der Waals surface area contributed by atoms with E-state index in [0.29, 0.717) is 0 Å². The van der Waals surface area contributed by atoms with Gasteiger partial charge in [-0.1, -0.05) is 39.3 Å². The fourth-order valence-corrected chi connectivity index (χ4v) is 41.6. The first-order chi connectivity index (χ1) is 4.71. The van der Waals surface area contributed by atoms with E-state index in [0.717, 1.165) is 0 Å². The van der Waals surface area contributed by atoms with Crippen LogP contribution in [0, 0.1) is 0 Å². The summed E-state index contributed by atoms with van der Waals surface area (Å²) in [7, 11) is -2.47. The van der Waals surface area contributed by atoms with Crippen LogP contribution in [0.1, 0.15) is 0 Å². The molecule has 11 heavy (non-hydrogen) atoms. The summed E-state index contributed by atoms with van der Waals surface area (Å²) in [6.45, 7) is 15.3. The first-order valence-electron chi connectivity index (χ1n) is 4.41. The van der Waals surface area contributed by atoms with Gasteiger partial charge in [0.15, 0.2) is 0 Å². The van der Waals surface area contributed by atoms with Gasteiger partial charge in [0, 0.05) is 15.2 Å². The molecule has 0 aromatic carbocycles. The molecule has 0 amide bonds. The van der Waals surface area contributed by atoms with E-state index in [2.05, 4.69) is 50.7 Å². The summed E-state index contributed by atoms with van der Waals surface area (Å²) in [5.41, 5.74) is 5.23. The lowest BCUT2D eigenvalue weighted by Gasteiger charge is -2.37. The minimum absolute atomic E-state index is 0.820. The van der Waals surface area contributed by atoms with Crippen LogP contribution in [-0.2, 0) is 0 Å². The highest BCUT2D eigenvalue weighted by atomic mass is 29.6. The predicted molar refractivity (Wildman–Crippen MR) is 61.6 cm³/mol. The quantitative estimate of drug-likeness (QED) is 0.601. The van der Waals surface area contributed by atoms with Crippen LogP contribution in [0.5, 0.6) is 0 Å². The zero-order valence-corrected chi connectivity index (χ0v) is 11.7. The number of rotatable bonds is 2. The molecule has 0 N–H and O–H groups in total. The lowest BCUT2D eigenvalue weighted by atomic mass is 11.3. The predicted octanol–water partition coefficient (Wildman–Crippen LogP) is 2.92. The lowest BCUT2D eigenvalue weighted by molar-refractivity contribution is 1.79. The summed E-state index contributed by atoms with van der Waals surface area (Å²) in [5, 5.41) is 0. The molecule has 0 unspecified atom stereocenters. The second-order valence-corrected chi connectivity index (χ2v) is 32.6. The van der Waals surface area contributed by atoms with Gasteiger partial charge in [-0.2, -0.15) is 0 Å². The molecule has 0 radical (unpaired) electrons. The summed E-state index contributed by atoms with van der Waals surface area (Å²) >= 11 is 0. The molecule has 0 saturated carbocycles. The molecular formula is C8H20Si3. The lowest BCUT2D eigenvalue weighted by Crippen LogP contribution is -2.63. The highest BCUT2D eigenvalue weighted by Gasteiger charge is 2.57. The van der Waals surface area contributed by atoms with Gasteiger partial charge in [-0.25, -0.2) is 0 Å². The first kappa shape index (κ1) is 9.48. The fourth-order valence-electron chi connectivity index (χ4n) is 2.21. The third-order valence-corrected chi connectivity index (χ3v) is 39.3. The zero-order chi connectivity index (χ0) is 8.91. The van der Waals surface area contributed by atoms with Crippen LogP contribution < -0.4 is 0 Å². The largest absolute Gasteiger partial charge is 0.103 e. The Morgan fingerprint density at radius 2 is 1.00 bits per heavy atom. The molecule has 3 heteroatoms. The summed E-state index contributed by atoms with van der Waals surface area (Å²) in [6, 6.07) is 0. The molecule has 0 bridgehead atoms. The van der Waals surface area contributed by atoms with E-state index in [1.165, 1.54) is 0 Å². The van der Waals surface area contributed by atoms with E-state index in [1.807, 2.05) is 0 Å². The third-order valence-electron chi connectivity index (χ3n) is 2.98. The van der Waals surface area contributed by atoms with Gasteiger partial charge in [0.05, 0.1) is 7.11 Å². The standard InChI is InChI=1S/C8H20Si3/c1-9(2,3)11(7-8-11)10(4,5)6/h7-8H,1-6H3. The highest BCUT2D eigenvalue weighted by molar-refractivity contribution is 7.75. The van der Waals surface area contributed by atoms with Gasteiger partial charge in [-0.05, 0) is 0 Å². The summed E-state index contributed by atoms with van der Waals surface area (Å²) < 4.78 is 0. The van der Waals surface area contributed by atoms with E-state index in [4.69, 9.17) is 0 Å². The summed E-state index contributed by atoms with van der Waals surface area (Å²) in [4.78, 5) is 0. The molecule has 0 aromatic heterocycles. The Balaban J connectivity index is 2.86. The first-order valence-corrected chi connectivity index (χ1v) is 15.6. The van der Waals surface area contributed by atoms with Crippen LogP contribution in [0.15, 0.2) is 11.4 Å². The second kappa shape index (κ2) is 2.20. The molecule has 1 aliphatic rings. The normalized spacial score (nSPS) is 22.0. The maximum Gasteiger partial charge on any atom is 0.0843 e. The summed E-state index contributed by atoms with van der Waals surface area (Å²) in [6.07, 6.45) is 0. The van der Waals surface area contributed by atoms with Crippen LogP contribution in [0.25, 0.3) is 0 Å². The molecular weight excluding hydrogens is 180 g/mol. The van der Waals surface area contributed by atoms with Gasteiger partial charge >= 0.3 is 0 Å².